The van der Waals surface area contributed by atoms with Crippen LogP contribution in [0.15, 0.2) is 90.0 Å². The summed E-state index contributed by atoms with van der Waals surface area (Å²) in [7, 11) is -10.9. The Bertz CT molecular complexity index is 1930. The predicted molar refractivity (Wildman–Crippen MR) is 253 cm³/mol. The van der Waals surface area contributed by atoms with Crippen LogP contribution >= 0.6 is 15.6 Å². The fraction of sp³-hybridized carbons (Fsp3) is 0.609. The van der Waals surface area contributed by atoms with E-state index >= 15 is 0 Å². The number of rotatable bonds is 35. The highest BCUT2D eigenvalue weighted by Crippen LogP contribution is 2.60. The molecule has 3 unspecified atom stereocenters. The maximum Gasteiger partial charge on any atom is 0.481 e. The number of phosphoric ester groups is 2. The first-order valence-corrected chi connectivity index (χ1v) is 25.9. The number of aliphatic hydroxyl groups excluding tert-OH is 3. The van der Waals surface area contributed by atoms with Gasteiger partial charge in [0.25, 0.3) is 0 Å². The molecule has 1 aliphatic heterocycles. The summed E-state index contributed by atoms with van der Waals surface area (Å²) in [5.74, 6) is -0.847. The van der Waals surface area contributed by atoms with Crippen LogP contribution in [0.1, 0.15) is 123 Å². The van der Waals surface area contributed by atoms with Gasteiger partial charge in [0.1, 0.15) is 30.7 Å². The Hall–Kier alpha value is -3.84. The first-order chi connectivity index (χ1) is 31.9. The van der Waals surface area contributed by atoms with E-state index in [9.17, 15) is 48.6 Å². The molecule has 0 saturated carbocycles. The molecule has 67 heavy (non-hydrogen) atoms. The molecule has 0 spiro atoms. The van der Waals surface area contributed by atoms with E-state index in [0.717, 1.165) is 68.6 Å². The summed E-state index contributed by atoms with van der Waals surface area (Å²) in [4.78, 5) is 61.6. The van der Waals surface area contributed by atoms with Gasteiger partial charge >= 0.3 is 33.3 Å². The van der Waals surface area contributed by atoms with E-state index in [1.807, 2.05) is 12.2 Å². The van der Waals surface area contributed by atoms with Crippen LogP contribution in [0.5, 0.6) is 0 Å². The number of allylic oxidation sites excluding steroid dienone is 10. The topological polar surface area (TPSA) is 286 Å². The van der Waals surface area contributed by atoms with Crippen LogP contribution in [0.3, 0.4) is 0 Å². The summed E-state index contributed by atoms with van der Waals surface area (Å²) >= 11 is 0. The number of nitrogen functional groups attached to an aromatic ring is 1. The molecule has 7 N–H and O–H groups in total. The molecular weight excluding hydrogens is 912 g/mol. The summed E-state index contributed by atoms with van der Waals surface area (Å²) in [5, 5.41) is 31.1. The Morgan fingerprint density at radius 3 is 2.15 bits per heavy atom. The smallest absolute Gasteiger partial charge is 0.462 e. The van der Waals surface area contributed by atoms with Gasteiger partial charge in [-0.2, -0.15) is 9.29 Å². The molecule has 21 heteroatoms. The number of phosphoric acid groups is 2. The summed E-state index contributed by atoms with van der Waals surface area (Å²) in [6.45, 7) is 4.01. The molecule has 0 aliphatic carbocycles. The molecule has 8 atom stereocenters. The van der Waals surface area contributed by atoms with Crippen LogP contribution in [0.2, 0.25) is 0 Å². The Balaban J connectivity index is 1.89. The van der Waals surface area contributed by atoms with Crippen molar-refractivity contribution in [2.45, 2.75) is 154 Å². The molecule has 0 amide bonds. The molecule has 2 rings (SSSR count). The van der Waals surface area contributed by atoms with Crippen LogP contribution in [0.25, 0.3) is 0 Å². The minimum atomic E-state index is -5.46. The zero-order chi connectivity index (χ0) is 49.5. The number of carbonyl (C=O) groups excluding carboxylic acids is 2. The van der Waals surface area contributed by atoms with Crippen LogP contribution in [-0.2, 0) is 46.3 Å². The normalized spacial score (nSPS) is 20.8. The van der Waals surface area contributed by atoms with Crippen molar-refractivity contribution >= 4 is 33.4 Å². The van der Waals surface area contributed by atoms with Crippen LogP contribution < -0.4 is 11.4 Å². The van der Waals surface area contributed by atoms with E-state index in [1.54, 1.807) is 24.3 Å². The average Bonchev–Trinajstić information content (AvgIpc) is 3.54. The quantitative estimate of drug-likeness (QED) is 0.0127. The fourth-order valence-electron chi connectivity index (χ4n) is 6.25. The maximum atomic E-state index is 12.8. The summed E-state index contributed by atoms with van der Waals surface area (Å²) in [6, 6.07) is 1.23. The third kappa shape index (κ3) is 27.7. The number of hydrogen-bond donors (Lipinski definition) is 6. The molecule has 0 radical (unpaired) electrons. The van der Waals surface area contributed by atoms with Crippen molar-refractivity contribution < 1.29 is 71.4 Å². The zero-order valence-corrected chi connectivity index (χ0v) is 40.7. The number of nitrogens with two attached hydrogens (primary N) is 1. The third-order valence-electron chi connectivity index (χ3n) is 9.83. The van der Waals surface area contributed by atoms with Gasteiger partial charge in [-0.05, 0) is 56.9 Å². The number of aliphatic hydroxyl groups is 3. The molecule has 1 aliphatic rings. The van der Waals surface area contributed by atoms with E-state index in [1.165, 1.54) is 12.5 Å². The molecule has 1 aromatic heterocycles. The van der Waals surface area contributed by atoms with E-state index in [0.29, 0.717) is 12.3 Å². The SMILES string of the molecule is CC/C=C\C/C=C\C/C=C\C/C=C\C=C/C(O)C/C=C\CCC(=O)O[C@H](COC(=O)CCCCCCCCC(C)C)COP(=O)(O)OP(=O)(O)OC[C@H]1O[C@@H](n2ccc(N)nc2=O)[C@H](O)[C@@H]1O. The largest absolute Gasteiger partial charge is 0.481 e. The fourth-order valence-corrected chi connectivity index (χ4v) is 8.36. The molecule has 1 fully saturated rings. The minimum Gasteiger partial charge on any atom is -0.462 e. The number of aromatic nitrogens is 2. The molecule has 0 aromatic carbocycles. The van der Waals surface area contributed by atoms with Gasteiger partial charge in [-0.1, -0.05) is 132 Å². The van der Waals surface area contributed by atoms with Gasteiger partial charge in [-0.25, -0.2) is 13.9 Å². The van der Waals surface area contributed by atoms with Gasteiger partial charge in [0.05, 0.1) is 19.3 Å². The molecule has 2 heterocycles. The summed E-state index contributed by atoms with van der Waals surface area (Å²) in [6.07, 6.45) is 26.5. The number of hydrogen-bond acceptors (Lipinski definition) is 16. The second-order valence-corrected chi connectivity index (χ2v) is 19.2. The third-order valence-corrected chi connectivity index (χ3v) is 12.4. The lowest BCUT2D eigenvalue weighted by molar-refractivity contribution is -0.161. The monoisotopic (exact) mass is 985 g/mol. The van der Waals surface area contributed by atoms with Gasteiger partial charge in [-0.15, -0.1) is 0 Å². The van der Waals surface area contributed by atoms with Crippen LogP contribution in [0, 0.1) is 5.92 Å². The van der Waals surface area contributed by atoms with Crippen molar-refractivity contribution in [2.24, 2.45) is 5.92 Å². The van der Waals surface area contributed by atoms with Crippen LogP contribution in [0.4, 0.5) is 5.82 Å². The number of carbonyl (C=O) groups is 2. The molecule has 1 saturated heterocycles. The number of ether oxygens (including phenoxy) is 3. The molecular formula is C46H73N3O16P2. The predicted octanol–water partition coefficient (Wildman–Crippen LogP) is 7.38. The van der Waals surface area contributed by atoms with Crippen molar-refractivity contribution in [1.29, 1.82) is 0 Å². The highest BCUT2D eigenvalue weighted by Gasteiger charge is 2.46. The number of esters is 2. The van der Waals surface area contributed by atoms with Crippen molar-refractivity contribution in [1.82, 2.24) is 9.55 Å². The zero-order valence-electron chi connectivity index (χ0n) is 38.9. The van der Waals surface area contributed by atoms with E-state index in [2.05, 4.69) is 66.5 Å². The lowest BCUT2D eigenvalue weighted by atomic mass is 10.0. The standard InChI is InChI=1S/C46H73N3O16P2/c1-4-5-6-7-8-9-10-11-12-13-14-18-22-27-37(50)28-23-20-25-30-42(52)63-38(33-60-41(51)29-24-19-16-15-17-21-26-36(2)3)34-61-66(56,57)65-67(58,59)62-35-39-43(53)44(54)45(64-39)49-32-31-40(47)48-46(49)55/h5-6,8-9,11-12,14,18,20,22-23,27,31-32,36-39,43-45,50,53-54H,4,7,10,13,15-17,19,21,24-26,28-30,33-35H2,1-3H3,(H,56,57)(H,58,59)(H2,47,48,55)/b6-5-,9-8-,12-11-,18-14-,23-20-,27-22-/t37?,38-,39-,43-,44-,45-/m1/s1. The van der Waals surface area contributed by atoms with E-state index in [-0.39, 0.29) is 31.5 Å². The Labute approximate surface area is 394 Å². The lowest BCUT2D eigenvalue weighted by Gasteiger charge is -2.21. The molecule has 1 aromatic rings. The average molecular weight is 986 g/mol. The van der Waals surface area contributed by atoms with Gasteiger partial charge < -0.3 is 45.1 Å². The van der Waals surface area contributed by atoms with Gasteiger partial charge in [0, 0.05) is 19.0 Å². The Kier molecular flexibility index (Phi) is 29.7. The van der Waals surface area contributed by atoms with E-state index < -0.39 is 89.8 Å². The van der Waals surface area contributed by atoms with Crippen molar-refractivity contribution in [2.75, 3.05) is 25.6 Å². The molecule has 0 bridgehead atoms. The van der Waals surface area contributed by atoms with Gasteiger partial charge in [0.2, 0.25) is 0 Å². The second-order valence-electron chi connectivity index (χ2n) is 16.2. The lowest BCUT2D eigenvalue weighted by Crippen LogP contribution is -2.36. The summed E-state index contributed by atoms with van der Waals surface area (Å²) in [5.41, 5.74) is 4.56. The highest BCUT2D eigenvalue weighted by molar-refractivity contribution is 7.61. The van der Waals surface area contributed by atoms with Crippen molar-refractivity contribution in [3.8, 4) is 0 Å². The first kappa shape index (κ1) is 59.3. The van der Waals surface area contributed by atoms with Gasteiger partial charge in [0.15, 0.2) is 12.3 Å². The Morgan fingerprint density at radius 1 is 0.836 bits per heavy atom. The minimum absolute atomic E-state index is 0.0836. The number of unbranched alkanes of at least 4 members (excludes halogenated alkanes) is 5. The number of anilines is 1. The first-order valence-electron chi connectivity index (χ1n) is 22.9. The van der Waals surface area contributed by atoms with E-state index in [4.69, 9.17) is 29.0 Å². The van der Waals surface area contributed by atoms with Crippen LogP contribution in [-0.4, -0.2) is 96.9 Å². The maximum absolute atomic E-state index is 12.8. The second kappa shape index (κ2) is 33.6. The molecule has 378 valence electrons. The van der Waals surface area contributed by atoms with Crippen molar-refractivity contribution in [3.63, 3.8) is 0 Å². The Morgan fingerprint density at radius 2 is 1.48 bits per heavy atom. The van der Waals surface area contributed by atoms with Gasteiger partial charge in [-0.3, -0.25) is 23.2 Å². The van der Waals surface area contributed by atoms with Crippen molar-refractivity contribution in [3.05, 3.63) is 95.7 Å². The highest BCUT2D eigenvalue weighted by atomic mass is 31.3. The number of nitrogens with zero attached hydrogens (tertiary/aromatic N) is 2. The summed E-state index contributed by atoms with van der Waals surface area (Å²) < 4.78 is 56.3. The molecule has 19 nitrogen and oxygen atoms in total.